The van der Waals surface area contributed by atoms with Gasteiger partial charge in [0.15, 0.2) is 0 Å². The van der Waals surface area contributed by atoms with Gasteiger partial charge < -0.3 is 11.1 Å². The first kappa shape index (κ1) is 12.0. The largest absolute Gasteiger partial charge is 0.399 e. The number of nitrogen functional groups attached to an aromatic ring is 1. The maximum Gasteiger partial charge on any atom is 0.137 e. The summed E-state index contributed by atoms with van der Waals surface area (Å²) >= 11 is 1.82. The highest BCUT2D eigenvalue weighted by Gasteiger charge is 2.05. The van der Waals surface area contributed by atoms with Gasteiger partial charge in [-0.15, -0.1) is 0 Å². The van der Waals surface area contributed by atoms with E-state index in [1.165, 1.54) is 0 Å². The van der Waals surface area contributed by atoms with Crippen LogP contribution < -0.4 is 11.1 Å². The Bertz CT molecular complexity index is 515. The van der Waals surface area contributed by atoms with E-state index in [2.05, 4.69) is 28.5 Å². The first-order valence-corrected chi connectivity index (χ1v) is 6.76. The molecule has 0 spiro atoms. The first-order chi connectivity index (χ1) is 8.20. The normalized spacial score (nSPS) is 12.6. The molecule has 0 amide bonds. The Morgan fingerprint density at radius 3 is 3.00 bits per heavy atom. The molecule has 2 rings (SSSR count). The van der Waals surface area contributed by atoms with Crippen molar-refractivity contribution in [2.75, 3.05) is 23.9 Å². The molecule has 3 N–H and O–H groups in total. The fourth-order valence-electron chi connectivity index (χ4n) is 1.54. The van der Waals surface area contributed by atoms with Crippen LogP contribution in [0.2, 0.25) is 0 Å². The fourth-order valence-corrected chi connectivity index (χ4v) is 1.79. The standard InChI is InChI=1S/C12H16N4S/c1-8(17-2)6-14-12-10-5-9(13)3-4-11(10)15-7-16-12/h3-5,7-8H,6,13H2,1-2H3,(H,14,15,16). The number of fused-ring (bicyclic) bond motifs is 1. The number of aromatic nitrogens is 2. The van der Waals surface area contributed by atoms with Gasteiger partial charge in [-0.2, -0.15) is 11.8 Å². The van der Waals surface area contributed by atoms with Crippen molar-refractivity contribution < 1.29 is 0 Å². The lowest BCUT2D eigenvalue weighted by Gasteiger charge is -2.12. The van der Waals surface area contributed by atoms with Crippen LogP contribution in [-0.4, -0.2) is 28.0 Å². The van der Waals surface area contributed by atoms with Crippen LogP contribution >= 0.6 is 11.8 Å². The second-order valence-corrected chi connectivity index (χ2v) is 5.20. The van der Waals surface area contributed by atoms with Crippen LogP contribution in [-0.2, 0) is 0 Å². The van der Waals surface area contributed by atoms with E-state index in [0.29, 0.717) is 5.25 Å². The zero-order valence-electron chi connectivity index (χ0n) is 9.97. The number of rotatable bonds is 4. The van der Waals surface area contributed by atoms with Gasteiger partial charge in [-0.25, -0.2) is 9.97 Å². The van der Waals surface area contributed by atoms with E-state index in [9.17, 15) is 0 Å². The Balaban J connectivity index is 2.30. The molecule has 0 bridgehead atoms. The lowest BCUT2D eigenvalue weighted by atomic mass is 10.2. The smallest absolute Gasteiger partial charge is 0.137 e. The summed E-state index contributed by atoms with van der Waals surface area (Å²) in [6, 6.07) is 5.67. The number of hydrogen-bond acceptors (Lipinski definition) is 5. The van der Waals surface area contributed by atoms with Crippen LogP contribution in [0.4, 0.5) is 11.5 Å². The Labute approximate surface area is 105 Å². The van der Waals surface area contributed by atoms with Crippen LogP contribution in [0.3, 0.4) is 0 Å². The van der Waals surface area contributed by atoms with E-state index >= 15 is 0 Å². The molecule has 0 radical (unpaired) electrons. The van der Waals surface area contributed by atoms with E-state index in [0.717, 1.165) is 29.0 Å². The lowest BCUT2D eigenvalue weighted by molar-refractivity contribution is 0.992. The maximum atomic E-state index is 5.79. The summed E-state index contributed by atoms with van der Waals surface area (Å²) in [4.78, 5) is 8.49. The molecule has 0 aliphatic rings. The zero-order valence-corrected chi connectivity index (χ0v) is 10.8. The molecule has 1 aromatic heterocycles. The summed E-state index contributed by atoms with van der Waals surface area (Å²) in [6.07, 6.45) is 3.67. The van der Waals surface area contributed by atoms with Crippen molar-refractivity contribution in [2.24, 2.45) is 0 Å². The minimum absolute atomic E-state index is 0.543. The molecule has 1 unspecified atom stereocenters. The highest BCUT2D eigenvalue weighted by atomic mass is 32.2. The molecule has 90 valence electrons. The van der Waals surface area contributed by atoms with E-state index in [4.69, 9.17) is 5.73 Å². The topological polar surface area (TPSA) is 63.8 Å². The highest BCUT2D eigenvalue weighted by Crippen LogP contribution is 2.21. The SMILES string of the molecule is CSC(C)CNc1ncnc2ccc(N)cc12. The number of thioether (sulfide) groups is 1. The van der Waals surface area contributed by atoms with Crippen LogP contribution in [0.1, 0.15) is 6.92 Å². The Morgan fingerprint density at radius 2 is 2.24 bits per heavy atom. The van der Waals surface area contributed by atoms with Gasteiger partial charge in [0.05, 0.1) is 5.52 Å². The molecule has 17 heavy (non-hydrogen) atoms. The minimum atomic E-state index is 0.543. The van der Waals surface area contributed by atoms with Gasteiger partial charge in [-0.05, 0) is 24.5 Å². The van der Waals surface area contributed by atoms with E-state index in [1.54, 1.807) is 6.33 Å². The first-order valence-electron chi connectivity index (χ1n) is 5.47. The molecule has 0 aliphatic heterocycles. The van der Waals surface area contributed by atoms with Crippen LogP contribution in [0.5, 0.6) is 0 Å². The summed E-state index contributed by atoms with van der Waals surface area (Å²) in [7, 11) is 0. The molecule has 4 nitrogen and oxygen atoms in total. The van der Waals surface area contributed by atoms with Crippen molar-refractivity contribution in [3.8, 4) is 0 Å². The van der Waals surface area contributed by atoms with Crippen LogP contribution in [0, 0.1) is 0 Å². The number of nitrogens with zero attached hydrogens (tertiary/aromatic N) is 2. The number of anilines is 2. The monoisotopic (exact) mass is 248 g/mol. The number of nitrogens with one attached hydrogen (secondary N) is 1. The number of nitrogens with two attached hydrogens (primary N) is 1. The number of benzene rings is 1. The van der Waals surface area contributed by atoms with E-state index in [1.807, 2.05) is 30.0 Å². The molecule has 0 saturated carbocycles. The average Bonchev–Trinajstić information content (AvgIpc) is 2.35. The third-order valence-corrected chi connectivity index (χ3v) is 3.59. The Morgan fingerprint density at radius 1 is 1.41 bits per heavy atom. The molecule has 1 aromatic carbocycles. The van der Waals surface area contributed by atoms with Crippen molar-refractivity contribution >= 4 is 34.2 Å². The third kappa shape index (κ3) is 2.79. The van der Waals surface area contributed by atoms with Crippen LogP contribution in [0.15, 0.2) is 24.5 Å². The van der Waals surface area contributed by atoms with Gasteiger partial charge in [-0.1, -0.05) is 6.92 Å². The summed E-state index contributed by atoms with van der Waals surface area (Å²) in [5, 5.41) is 4.85. The molecule has 0 aliphatic carbocycles. The molecule has 1 atom stereocenters. The lowest BCUT2D eigenvalue weighted by Crippen LogP contribution is -2.13. The molecular weight excluding hydrogens is 232 g/mol. The summed E-state index contributed by atoms with van der Waals surface area (Å²) in [5.41, 5.74) is 7.43. The minimum Gasteiger partial charge on any atom is -0.399 e. The van der Waals surface area contributed by atoms with Crippen molar-refractivity contribution in [1.29, 1.82) is 0 Å². The molecule has 0 fully saturated rings. The van der Waals surface area contributed by atoms with Crippen molar-refractivity contribution in [3.05, 3.63) is 24.5 Å². The molecule has 2 aromatic rings. The predicted molar refractivity (Wildman–Crippen MR) is 75.4 cm³/mol. The second kappa shape index (κ2) is 5.23. The summed E-state index contributed by atoms with van der Waals surface area (Å²) in [5.74, 6) is 0.850. The highest BCUT2D eigenvalue weighted by molar-refractivity contribution is 7.99. The zero-order chi connectivity index (χ0) is 12.3. The van der Waals surface area contributed by atoms with E-state index < -0.39 is 0 Å². The molecule has 1 heterocycles. The second-order valence-electron chi connectivity index (χ2n) is 3.93. The fraction of sp³-hybridized carbons (Fsp3) is 0.333. The van der Waals surface area contributed by atoms with Gasteiger partial charge in [0.25, 0.3) is 0 Å². The van der Waals surface area contributed by atoms with Crippen LogP contribution in [0.25, 0.3) is 10.9 Å². The average molecular weight is 248 g/mol. The predicted octanol–water partition coefficient (Wildman–Crippen LogP) is 2.38. The van der Waals surface area contributed by atoms with Crippen molar-refractivity contribution in [3.63, 3.8) is 0 Å². The van der Waals surface area contributed by atoms with E-state index in [-0.39, 0.29) is 0 Å². The quantitative estimate of drug-likeness (QED) is 0.813. The van der Waals surface area contributed by atoms with Gasteiger partial charge >= 0.3 is 0 Å². The van der Waals surface area contributed by atoms with Gasteiger partial charge in [0.1, 0.15) is 12.1 Å². The Kier molecular flexibility index (Phi) is 3.68. The van der Waals surface area contributed by atoms with Crippen molar-refractivity contribution in [2.45, 2.75) is 12.2 Å². The molecule has 0 saturated heterocycles. The van der Waals surface area contributed by atoms with Gasteiger partial charge in [0, 0.05) is 22.9 Å². The maximum absolute atomic E-state index is 5.79. The Hall–Kier alpha value is -1.49. The van der Waals surface area contributed by atoms with Crippen molar-refractivity contribution in [1.82, 2.24) is 9.97 Å². The van der Waals surface area contributed by atoms with Gasteiger partial charge in [0.2, 0.25) is 0 Å². The number of hydrogen-bond donors (Lipinski definition) is 2. The molecular formula is C12H16N4S. The molecule has 5 heteroatoms. The summed E-state index contributed by atoms with van der Waals surface area (Å²) < 4.78 is 0. The third-order valence-electron chi connectivity index (χ3n) is 2.62. The van der Waals surface area contributed by atoms with Gasteiger partial charge in [-0.3, -0.25) is 0 Å². The summed E-state index contributed by atoms with van der Waals surface area (Å²) in [6.45, 7) is 3.05.